The Labute approximate surface area is 107 Å². The fraction of sp³-hybridized carbons (Fsp3) is 1.00. The van der Waals surface area contributed by atoms with Crippen LogP contribution in [0.3, 0.4) is 0 Å². The molecule has 1 aliphatic heterocycles. The summed E-state index contributed by atoms with van der Waals surface area (Å²) in [5.74, 6) is 0.953. The molecule has 1 heterocycles. The van der Waals surface area contributed by atoms with Gasteiger partial charge < -0.3 is 10.1 Å². The number of ether oxygens (including phenoxy) is 1. The van der Waals surface area contributed by atoms with Gasteiger partial charge >= 0.3 is 0 Å². The molecule has 0 aromatic rings. The molecule has 2 rings (SSSR count). The number of nitrogens with one attached hydrogen (secondary N) is 1. The van der Waals surface area contributed by atoms with E-state index in [9.17, 15) is 0 Å². The molecule has 1 N–H and O–H groups in total. The lowest BCUT2D eigenvalue weighted by molar-refractivity contribution is 0.0631. The fourth-order valence-electron chi connectivity index (χ4n) is 2.90. The molecule has 0 spiro atoms. The van der Waals surface area contributed by atoms with Crippen molar-refractivity contribution < 1.29 is 4.74 Å². The lowest BCUT2D eigenvalue weighted by Crippen LogP contribution is -2.24. The van der Waals surface area contributed by atoms with Crippen LogP contribution in [0.15, 0.2) is 0 Å². The van der Waals surface area contributed by atoms with E-state index in [4.69, 9.17) is 4.74 Å². The van der Waals surface area contributed by atoms with E-state index in [0.717, 1.165) is 19.1 Å². The third-order valence-electron chi connectivity index (χ3n) is 4.76. The number of unbranched alkanes of at least 4 members (excludes halogenated alkanes) is 1. The van der Waals surface area contributed by atoms with Gasteiger partial charge in [-0.2, -0.15) is 0 Å². The van der Waals surface area contributed by atoms with Gasteiger partial charge in [0, 0.05) is 19.8 Å². The van der Waals surface area contributed by atoms with Gasteiger partial charge in [0.15, 0.2) is 0 Å². The van der Waals surface area contributed by atoms with Crippen molar-refractivity contribution in [3.63, 3.8) is 0 Å². The zero-order valence-corrected chi connectivity index (χ0v) is 11.5. The highest BCUT2D eigenvalue weighted by atomic mass is 16.5. The Bertz CT molecular complexity index is 207. The second kappa shape index (κ2) is 6.75. The first-order valence-electron chi connectivity index (χ1n) is 7.63. The normalized spacial score (nSPS) is 23.8. The topological polar surface area (TPSA) is 21.3 Å². The maximum absolute atomic E-state index is 5.39. The molecular formula is C15H29NO. The van der Waals surface area contributed by atoms with Crippen LogP contribution in [-0.2, 0) is 4.74 Å². The van der Waals surface area contributed by atoms with Gasteiger partial charge in [0.05, 0.1) is 0 Å². The van der Waals surface area contributed by atoms with E-state index in [1.807, 2.05) is 0 Å². The summed E-state index contributed by atoms with van der Waals surface area (Å²) in [5.41, 5.74) is 0.709. The molecule has 2 nitrogen and oxygen atoms in total. The molecule has 0 radical (unpaired) electrons. The van der Waals surface area contributed by atoms with Crippen LogP contribution in [0, 0.1) is 11.3 Å². The Kier molecular flexibility index (Phi) is 5.30. The molecule has 1 saturated heterocycles. The lowest BCUT2D eigenvalue weighted by atomic mass is 9.94. The largest absolute Gasteiger partial charge is 0.381 e. The summed E-state index contributed by atoms with van der Waals surface area (Å²) in [6.45, 7) is 6.83. The van der Waals surface area contributed by atoms with Crippen LogP contribution in [0.1, 0.15) is 58.3 Å². The summed E-state index contributed by atoms with van der Waals surface area (Å²) in [4.78, 5) is 0. The van der Waals surface area contributed by atoms with Crippen LogP contribution in [0.25, 0.3) is 0 Å². The van der Waals surface area contributed by atoms with Crippen molar-refractivity contribution in [3.8, 4) is 0 Å². The molecule has 0 aromatic heterocycles. The van der Waals surface area contributed by atoms with E-state index in [-0.39, 0.29) is 0 Å². The number of hydrogen-bond donors (Lipinski definition) is 1. The Hall–Kier alpha value is -0.0800. The zero-order valence-electron chi connectivity index (χ0n) is 11.5. The van der Waals surface area contributed by atoms with Crippen molar-refractivity contribution in [2.24, 2.45) is 11.3 Å². The Morgan fingerprint density at radius 2 is 1.94 bits per heavy atom. The quantitative estimate of drug-likeness (QED) is 0.656. The van der Waals surface area contributed by atoms with E-state index in [2.05, 4.69) is 12.2 Å². The SMILES string of the molecule is CCC1(CNCCCCC2CCOCC2)CC1. The molecule has 2 fully saturated rings. The Morgan fingerprint density at radius 1 is 1.18 bits per heavy atom. The van der Waals surface area contributed by atoms with Crippen molar-refractivity contribution in [1.29, 1.82) is 0 Å². The van der Waals surface area contributed by atoms with Crippen molar-refractivity contribution in [3.05, 3.63) is 0 Å². The molecule has 17 heavy (non-hydrogen) atoms. The molecular weight excluding hydrogens is 210 g/mol. The summed E-state index contributed by atoms with van der Waals surface area (Å²) in [7, 11) is 0. The highest BCUT2D eigenvalue weighted by Gasteiger charge is 2.39. The number of rotatable bonds is 8. The standard InChI is InChI=1S/C15H29NO/c1-2-15(8-9-15)13-16-10-4-3-5-14-6-11-17-12-7-14/h14,16H,2-13H2,1H3. The molecule has 2 aliphatic rings. The van der Waals surface area contributed by atoms with Gasteiger partial charge in [-0.15, -0.1) is 0 Å². The first-order chi connectivity index (χ1) is 8.35. The molecule has 0 unspecified atom stereocenters. The fourth-order valence-corrected chi connectivity index (χ4v) is 2.90. The van der Waals surface area contributed by atoms with E-state index >= 15 is 0 Å². The second-order valence-corrected chi connectivity index (χ2v) is 6.08. The predicted octanol–water partition coefficient (Wildman–Crippen LogP) is 3.36. The maximum atomic E-state index is 5.39. The van der Waals surface area contributed by atoms with Crippen molar-refractivity contribution in [2.45, 2.75) is 58.3 Å². The summed E-state index contributed by atoms with van der Waals surface area (Å²) in [6, 6.07) is 0. The van der Waals surface area contributed by atoms with Gasteiger partial charge in [0.25, 0.3) is 0 Å². The van der Waals surface area contributed by atoms with E-state index in [0.29, 0.717) is 5.41 Å². The summed E-state index contributed by atoms with van der Waals surface area (Å²) in [5, 5.41) is 3.65. The summed E-state index contributed by atoms with van der Waals surface area (Å²) >= 11 is 0. The van der Waals surface area contributed by atoms with Crippen molar-refractivity contribution in [2.75, 3.05) is 26.3 Å². The second-order valence-electron chi connectivity index (χ2n) is 6.08. The van der Waals surface area contributed by atoms with Crippen molar-refractivity contribution >= 4 is 0 Å². The molecule has 0 aromatic carbocycles. The average Bonchev–Trinajstić information content (AvgIpc) is 3.16. The smallest absolute Gasteiger partial charge is 0.0468 e. The average molecular weight is 239 g/mol. The number of hydrogen-bond acceptors (Lipinski definition) is 2. The van der Waals surface area contributed by atoms with Crippen LogP contribution < -0.4 is 5.32 Å². The first kappa shape index (κ1) is 13.4. The van der Waals surface area contributed by atoms with Gasteiger partial charge in [-0.1, -0.05) is 19.8 Å². The molecule has 100 valence electrons. The first-order valence-corrected chi connectivity index (χ1v) is 7.63. The van der Waals surface area contributed by atoms with Gasteiger partial charge in [-0.25, -0.2) is 0 Å². The minimum atomic E-state index is 0.709. The van der Waals surface area contributed by atoms with Gasteiger partial charge in [0.2, 0.25) is 0 Å². The van der Waals surface area contributed by atoms with Crippen molar-refractivity contribution in [1.82, 2.24) is 5.32 Å². The van der Waals surface area contributed by atoms with E-state index in [1.165, 1.54) is 64.5 Å². The summed E-state index contributed by atoms with van der Waals surface area (Å²) in [6.07, 6.45) is 11.1. The highest BCUT2D eigenvalue weighted by molar-refractivity contribution is 4.93. The maximum Gasteiger partial charge on any atom is 0.0468 e. The third-order valence-corrected chi connectivity index (χ3v) is 4.76. The Morgan fingerprint density at radius 3 is 2.59 bits per heavy atom. The molecule has 2 heteroatoms. The van der Waals surface area contributed by atoms with Crippen LogP contribution >= 0.6 is 0 Å². The lowest BCUT2D eigenvalue weighted by Gasteiger charge is -2.21. The molecule has 0 atom stereocenters. The monoisotopic (exact) mass is 239 g/mol. The van der Waals surface area contributed by atoms with Crippen LogP contribution in [0.4, 0.5) is 0 Å². The van der Waals surface area contributed by atoms with Crippen LogP contribution in [0.2, 0.25) is 0 Å². The summed E-state index contributed by atoms with van der Waals surface area (Å²) < 4.78 is 5.39. The van der Waals surface area contributed by atoms with Crippen LogP contribution in [0.5, 0.6) is 0 Å². The molecule has 1 saturated carbocycles. The minimum Gasteiger partial charge on any atom is -0.381 e. The van der Waals surface area contributed by atoms with Gasteiger partial charge in [0.1, 0.15) is 0 Å². The minimum absolute atomic E-state index is 0.709. The predicted molar refractivity (Wildman–Crippen MR) is 72.2 cm³/mol. The molecule has 0 amide bonds. The highest BCUT2D eigenvalue weighted by Crippen LogP contribution is 2.47. The van der Waals surface area contributed by atoms with E-state index < -0.39 is 0 Å². The van der Waals surface area contributed by atoms with Crippen LogP contribution in [-0.4, -0.2) is 26.3 Å². The van der Waals surface area contributed by atoms with Gasteiger partial charge in [-0.3, -0.25) is 0 Å². The zero-order chi connectivity index (χ0) is 12.0. The third kappa shape index (κ3) is 4.59. The molecule has 0 bridgehead atoms. The van der Waals surface area contributed by atoms with E-state index in [1.54, 1.807) is 0 Å². The molecule has 1 aliphatic carbocycles. The Balaban J connectivity index is 1.41. The van der Waals surface area contributed by atoms with Gasteiger partial charge in [-0.05, 0) is 56.4 Å².